The molecule has 0 spiro atoms. The highest BCUT2D eigenvalue weighted by Gasteiger charge is 2.27. The molecule has 2 aromatic carbocycles. The van der Waals surface area contributed by atoms with Gasteiger partial charge in [0.2, 0.25) is 5.95 Å². The van der Waals surface area contributed by atoms with Crippen molar-refractivity contribution in [3.63, 3.8) is 0 Å². The molecule has 2 aromatic heterocycles. The molecule has 2 heterocycles. The number of benzene rings is 2. The third kappa shape index (κ3) is 6.13. The summed E-state index contributed by atoms with van der Waals surface area (Å²) in [7, 11) is 2.66. The van der Waals surface area contributed by atoms with Crippen LogP contribution in [0.4, 0.5) is 11.6 Å². The van der Waals surface area contributed by atoms with Gasteiger partial charge in [-0.2, -0.15) is 10.4 Å². The van der Waals surface area contributed by atoms with Gasteiger partial charge in [0, 0.05) is 37.6 Å². The highest BCUT2D eigenvalue weighted by atomic mass is 28.4. The predicted molar refractivity (Wildman–Crippen MR) is 145 cm³/mol. The van der Waals surface area contributed by atoms with Gasteiger partial charge >= 0.3 is 0 Å². The van der Waals surface area contributed by atoms with Crippen molar-refractivity contribution < 1.29 is 14.0 Å². The SMILES string of the molecule is COc1cc(C(=O)N(C)C)ccc1Nc1ncc(-c2ccc(C#N)c(O[Si](C)(C)Cn3cncn3)c2)cn1. The molecule has 0 fully saturated rings. The number of hydrogen-bond acceptors (Lipinski definition) is 9. The van der Waals surface area contributed by atoms with Crippen molar-refractivity contribution in [3.8, 4) is 28.7 Å². The second-order valence-corrected chi connectivity index (χ2v) is 13.4. The average Bonchev–Trinajstić information content (AvgIpc) is 3.40. The second-order valence-electron chi connectivity index (χ2n) is 9.31. The van der Waals surface area contributed by atoms with E-state index in [1.807, 2.05) is 12.1 Å². The first-order valence-corrected chi connectivity index (χ1v) is 14.9. The van der Waals surface area contributed by atoms with E-state index in [2.05, 4.69) is 44.5 Å². The molecule has 0 aliphatic carbocycles. The first kappa shape index (κ1) is 26.3. The van der Waals surface area contributed by atoms with E-state index in [-0.39, 0.29) is 5.91 Å². The summed E-state index contributed by atoms with van der Waals surface area (Å²) in [5.41, 5.74) is 3.18. The van der Waals surface area contributed by atoms with E-state index in [0.29, 0.717) is 40.4 Å². The number of amides is 1. The second kappa shape index (κ2) is 11.1. The molecule has 0 unspecified atom stereocenters. The van der Waals surface area contributed by atoms with Crippen LogP contribution in [0.15, 0.2) is 61.4 Å². The number of nitrogens with zero attached hydrogens (tertiary/aromatic N) is 7. The number of nitrogens with one attached hydrogen (secondary N) is 1. The third-order valence-electron chi connectivity index (χ3n) is 5.58. The van der Waals surface area contributed by atoms with Crippen LogP contribution in [0, 0.1) is 11.3 Å². The normalized spacial score (nSPS) is 10.9. The van der Waals surface area contributed by atoms with Gasteiger partial charge in [0.05, 0.1) is 24.5 Å². The van der Waals surface area contributed by atoms with E-state index in [9.17, 15) is 10.1 Å². The van der Waals surface area contributed by atoms with E-state index >= 15 is 0 Å². The zero-order valence-corrected chi connectivity index (χ0v) is 22.8. The summed E-state index contributed by atoms with van der Waals surface area (Å²) in [4.78, 5) is 26.6. The van der Waals surface area contributed by atoms with E-state index in [1.54, 1.807) is 61.8 Å². The van der Waals surface area contributed by atoms with Gasteiger partial charge in [0.25, 0.3) is 14.2 Å². The summed E-state index contributed by atoms with van der Waals surface area (Å²) < 4.78 is 13.6. The summed E-state index contributed by atoms with van der Waals surface area (Å²) in [6.07, 6.45) is 7.12. The number of methoxy groups -OCH3 is 1. The fourth-order valence-corrected chi connectivity index (χ4v) is 5.53. The topological polar surface area (TPSA) is 131 Å². The quantitative estimate of drug-likeness (QED) is 0.321. The smallest absolute Gasteiger partial charge is 0.266 e. The van der Waals surface area contributed by atoms with Crippen molar-refractivity contribution in [2.24, 2.45) is 0 Å². The monoisotopic (exact) mass is 528 g/mol. The fourth-order valence-electron chi connectivity index (χ4n) is 3.76. The Labute approximate surface area is 221 Å². The first-order chi connectivity index (χ1) is 18.2. The lowest BCUT2D eigenvalue weighted by molar-refractivity contribution is 0.0827. The Hall–Kier alpha value is -4.76. The number of aromatic nitrogens is 5. The van der Waals surface area contributed by atoms with Crippen molar-refractivity contribution >= 4 is 25.9 Å². The molecule has 0 atom stereocenters. The summed E-state index contributed by atoms with van der Waals surface area (Å²) in [5.74, 6) is 1.26. The molecule has 11 nitrogen and oxygen atoms in total. The first-order valence-electron chi connectivity index (χ1n) is 11.7. The average molecular weight is 529 g/mol. The number of anilines is 2. The Bertz CT molecular complexity index is 1470. The van der Waals surface area contributed by atoms with Crippen LogP contribution >= 0.6 is 0 Å². The van der Waals surface area contributed by atoms with E-state index < -0.39 is 8.32 Å². The van der Waals surface area contributed by atoms with Crippen LogP contribution in [-0.2, 0) is 6.17 Å². The predicted octanol–water partition coefficient (Wildman–Crippen LogP) is 3.88. The van der Waals surface area contributed by atoms with Gasteiger partial charge in [-0.1, -0.05) is 6.07 Å². The van der Waals surface area contributed by atoms with Crippen molar-refractivity contribution in [2.75, 3.05) is 26.5 Å². The number of ether oxygens (including phenoxy) is 1. The van der Waals surface area contributed by atoms with Crippen LogP contribution < -0.4 is 14.5 Å². The molecule has 4 aromatic rings. The Balaban J connectivity index is 1.53. The lowest BCUT2D eigenvalue weighted by Gasteiger charge is -2.24. The minimum Gasteiger partial charge on any atom is -0.541 e. The van der Waals surface area contributed by atoms with Gasteiger partial charge in [0.15, 0.2) is 0 Å². The van der Waals surface area contributed by atoms with Crippen LogP contribution in [0.3, 0.4) is 0 Å². The molecule has 4 rings (SSSR count). The van der Waals surface area contributed by atoms with Crippen LogP contribution in [-0.4, -0.2) is 65.1 Å². The van der Waals surface area contributed by atoms with E-state index in [4.69, 9.17) is 9.16 Å². The molecule has 0 saturated heterocycles. The summed E-state index contributed by atoms with van der Waals surface area (Å²) >= 11 is 0. The van der Waals surface area contributed by atoms with E-state index in [1.165, 1.54) is 18.3 Å². The standard InChI is InChI=1S/C26H28N8O3Si/c1-33(2)25(35)19-8-9-22(24(11-19)36-3)32-26-29-13-21(14-30-26)18-6-7-20(12-27)23(10-18)37-38(4,5)17-34-16-28-15-31-34/h6-11,13-16H,17H2,1-5H3,(H,29,30,32). The number of rotatable bonds is 9. The maximum Gasteiger partial charge on any atom is 0.266 e. The summed E-state index contributed by atoms with van der Waals surface area (Å²) in [6.45, 7) is 4.12. The number of carbonyl (C=O) groups is 1. The van der Waals surface area contributed by atoms with Gasteiger partial charge in [-0.3, -0.25) is 9.48 Å². The highest BCUT2D eigenvalue weighted by Crippen LogP contribution is 2.31. The molecule has 0 saturated carbocycles. The van der Waals surface area contributed by atoms with Gasteiger partial charge in [-0.15, -0.1) is 0 Å². The van der Waals surface area contributed by atoms with E-state index in [0.717, 1.165) is 11.1 Å². The highest BCUT2D eigenvalue weighted by molar-refractivity contribution is 6.70. The third-order valence-corrected chi connectivity index (χ3v) is 7.44. The lowest BCUT2D eigenvalue weighted by Crippen LogP contribution is -2.40. The Kier molecular flexibility index (Phi) is 7.68. The Morgan fingerprint density at radius 3 is 2.50 bits per heavy atom. The zero-order valence-electron chi connectivity index (χ0n) is 21.8. The largest absolute Gasteiger partial charge is 0.541 e. The van der Waals surface area contributed by atoms with Gasteiger partial charge < -0.3 is 19.4 Å². The van der Waals surface area contributed by atoms with Crippen molar-refractivity contribution in [1.29, 1.82) is 5.26 Å². The van der Waals surface area contributed by atoms with Crippen molar-refractivity contribution in [3.05, 3.63) is 72.6 Å². The maximum atomic E-state index is 12.3. The molecular formula is C26H28N8O3Si. The zero-order chi connectivity index (χ0) is 27.3. The molecule has 0 bridgehead atoms. The Morgan fingerprint density at radius 1 is 1.11 bits per heavy atom. The number of hydrogen-bond donors (Lipinski definition) is 1. The molecule has 1 amide bonds. The van der Waals surface area contributed by atoms with Crippen LogP contribution in [0.25, 0.3) is 11.1 Å². The van der Waals surface area contributed by atoms with Crippen molar-refractivity contribution in [2.45, 2.75) is 19.3 Å². The fraction of sp³-hybridized carbons (Fsp3) is 0.231. The molecule has 0 aliphatic rings. The van der Waals surface area contributed by atoms with Gasteiger partial charge in [-0.25, -0.2) is 15.0 Å². The van der Waals surface area contributed by atoms with Gasteiger partial charge in [0.1, 0.15) is 30.2 Å². The minimum atomic E-state index is -2.27. The maximum absolute atomic E-state index is 12.3. The molecule has 0 aliphatic heterocycles. The van der Waals surface area contributed by atoms with Gasteiger partial charge in [-0.05, 0) is 49.0 Å². The molecule has 0 radical (unpaired) electrons. The molecular weight excluding hydrogens is 500 g/mol. The lowest BCUT2D eigenvalue weighted by atomic mass is 10.1. The number of nitriles is 1. The summed E-state index contributed by atoms with van der Waals surface area (Å²) in [6, 6.07) is 12.8. The Morgan fingerprint density at radius 2 is 1.87 bits per heavy atom. The molecule has 38 heavy (non-hydrogen) atoms. The molecule has 1 N–H and O–H groups in total. The minimum absolute atomic E-state index is 0.120. The number of carbonyl (C=O) groups excluding carboxylic acids is 1. The van der Waals surface area contributed by atoms with Crippen molar-refractivity contribution in [1.82, 2.24) is 29.6 Å². The van der Waals surface area contributed by atoms with Crippen LogP contribution in [0.2, 0.25) is 13.1 Å². The molecule has 12 heteroatoms. The molecule has 194 valence electrons. The van der Waals surface area contributed by atoms with Crippen LogP contribution in [0.5, 0.6) is 11.5 Å². The van der Waals surface area contributed by atoms with Crippen LogP contribution in [0.1, 0.15) is 15.9 Å². The summed E-state index contributed by atoms with van der Waals surface area (Å²) in [5, 5.41) is 16.9.